The van der Waals surface area contributed by atoms with Crippen molar-refractivity contribution < 1.29 is 5.11 Å². The Balaban J connectivity index is 1.82. The fourth-order valence-electron chi connectivity index (χ4n) is 3.69. The molecule has 0 spiro atoms. The maximum atomic E-state index is 9.09. The molecule has 0 aromatic heterocycles. The lowest BCUT2D eigenvalue weighted by molar-refractivity contribution is 0.282. The van der Waals surface area contributed by atoms with Crippen LogP contribution in [0.25, 0.3) is 0 Å². The van der Waals surface area contributed by atoms with Crippen molar-refractivity contribution in [2.45, 2.75) is 64.4 Å². The third-order valence-electron chi connectivity index (χ3n) is 5.58. The Hall–Kier alpha value is -2.04. The number of rotatable bonds is 2. The van der Waals surface area contributed by atoms with Gasteiger partial charge in [0.15, 0.2) is 0 Å². The molecule has 0 radical (unpaired) electrons. The monoisotopic (exact) mass is 332 g/mol. The van der Waals surface area contributed by atoms with Gasteiger partial charge in [-0.05, 0) is 58.1 Å². The lowest BCUT2D eigenvalue weighted by atomic mass is 9.63. The van der Waals surface area contributed by atoms with Crippen LogP contribution in [0.3, 0.4) is 0 Å². The molecular formula is C24H28O. The van der Waals surface area contributed by atoms with E-state index >= 15 is 0 Å². The van der Waals surface area contributed by atoms with Crippen LogP contribution in [0.1, 0.15) is 68.4 Å². The van der Waals surface area contributed by atoms with Gasteiger partial charge in [-0.2, -0.15) is 0 Å². The van der Waals surface area contributed by atoms with E-state index in [1.54, 1.807) is 0 Å². The molecule has 1 N–H and O–H groups in total. The topological polar surface area (TPSA) is 20.2 Å². The molecule has 0 saturated heterocycles. The summed E-state index contributed by atoms with van der Waals surface area (Å²) >= 11 is 0. The Morgan fingerprint density at radius 1 is 0.840 bits per heavy atom. The van der Waals surface area contributed by atoms with Crippen molar-refractivity contribution >= 4 is 0 Å². The van der Waals surface area contributed by atoms with Crippen LogP contribution >= 0.6 is 0 Å². The largest absolute Gasteiger partial charge is 0.392 e. The van der Waals surface area contributed by atoms with Gasteiger partial charge in [-0.1, -0.05) is 69.9 Å². The molecule has 0 bridgehead atoms. The smallest absolute Gasteiger partial charge is 0.0681 e. The minimum atomic E-state index is 0.0783. The van der Waals surface area contributed by atoms with Gasteiger partial charge in [0.25, 0.3) is 0 Å². The second-order valence-corrected chi connectivity index (χ2v) is 8.48. The zero-order chi connectivity index (χ0) is 18.1. The van der Waals surface area contributed by atoms with Gasteiger partial charge in [0.1, 0.15) is 0 Å². The molecular weight excluding hydrogens is 304 g/mol. The van der Waals surface area contributed by atoms with Crippen molar-refractivity contribution in [2.75, 3.05) is 0 Å². The van der Waals surface area contributed by atoms with Crippen molar-refractivity contribution in [1.82, 2.24) is 0 Å². The normalized spacial score (nSPS) is 17.3. The van der Waals surface area contributed by atoms with Gasteiger partial charge >= 0.3 is 0 Å². The summed E-state index contributed by atoms with van der Waals surface area (Å²) in [6.07, 6.45) is 3.25. The maximum Gasteiger partial charge on any atom is 0.0681 e. The second-order valence-electron chi connectivity index (χ2n) is 8.48. The van der Waals surface area contributed by atoms with Gasteiger partial charge in [-0.3, -0.25) is 0 Å². The van der Waals surface area contributed by atoms with Crippen LogP contribution in [0.2, 0.25) is 0 Å². The molecule has 3 rings (SSSR count). The third-order valence-corrected chi connectivity index (χ3v) is 5.58. The highest BCUT2D eigenvalue weighted by Crippen LogP contribution is 2.45. The number of aliphatic hydroxyl groups excluding tert-OH is 1. The van der Waals surface area contributed by atoms with E-state index in [-0.39, 0.29) is 17.4 Å². The van der Waals surface area contributed by atoms with Crippen LogP contribution in [0.5, 0.6) is 0 Å². The number of hydrogen-bond donors (Lipinski definition) is 1. The lowest BCUT2D eigenvalue weighted by Crippen LogP contribution is -2.33. The number of hydrogen-bond acceptors (Lipinski definition) is 1. The summed E-state index contributed by atoms with van der Waals surface area (Å²) in [7, 11) is 0. The first-order chi connectivity index (χ1) is 11.8. The highest BCUT2D eigenvalue weighted by atomic mass is 16.3. The summed E-state index contributed by atoms with van der Waals surface area (Å²) in [5.41, 5.74) is 6.72. The Labute approximate surface area is 152 Å². The lowest BCUT2D eigenvalue weighted by Gasteiger charge is -2.42. The number of aliphatic hydroxyl groups is 1. The van der Waals surface area contributed by atoms with E-state index in [4.69, 9.17) is 5.11 Å². The SMILES string of the molecule is CC1(C)CCC(C)(C)c2cc(CC#Cc3ccc(CO)cc3)ccc21. The van der Waals surface area contributed by atoms with E-state index in [1.165, 1.54) is 29.5 Å². The molecule has 0 fully saturated rings. The quantitative estimate of drug-likeness (QED) is 0.757. The summed E-state index contributed by atoms with van der Waals surface area (Å²) in [5.74, 6) is 6.53. The summed E-state index contributed by atoms with van der Waals surface area (Å²) in [6.45, 7) is 9.51. The van der Waals surface area contributed by atoms with Crippen LogP contribution < -0.4 is 0 Å². The van der Waals surface area contributed by atoms with Gasteiger partial charge < -0.3 is 5.11 Å². The molecule has 0 saturated carbocycles. The Morgan fingerprint density at radius 3 is 2.08 bits per heavy atom. The van der Waals surface area contributed by atoms with Gasteiger partial charge in [0.2, 0.25) is 0 Å². The summed E-state index contributed by atoms with van der Waals surface area (Å²) < 4.78 is 0. The Morgan fingerprint density at radius 2 is 1.44 bits per heavy atom. The molecule has 25 heavy (non-hydrogen) atoms. The van der Waals surface area contributed by atoms with Gasteiger partial charge in [0.05, 0.1) is 6.61 Å². The summed E-state index contributed by atoms with van der Waals surface area (Å²) in [4.78, 5) is 0. The fraction of sp³-hybridized carbons (Fsp3) is 0.417. The molecule has 1 aliphatic carbocycles. The average molecular weight is 332 g/mol. The molecule has 0 atom stereocenters. The highest BCUT2D eigenvalue weighted by Gasteiger charge is 2.36. The molecule has 0 heterocycles. The molecule has 2 aromatic carbocycles. The minimum absolute atomic E-state index is 0.0783. The first-order valence-corrected chi connectivity index (χ1v) is 9.14. The van der Waals surface area contributed by atoms with E-state index in [2.05, 4.69) is 57.7 Å². The molecule has 0 amide bonds. The van der Waals surface area contributed by atoms with Crippen LogP contribution in [0.4, 0.5) is 0 Å². The number of fused-ring (bicyclic) bond motifs is 1. The molecule has 0 unspecified atom stereocenters. The highest BCUT2D eigenvalue weighted by molar-refractivity contribution is 5.45. The number of benzene rings is 2. The molecule has 0 aliphatic heterocycles. The van der Waals surface area contributed by atoms with E-state index in [1.807, 2.05) is 24.3 Å². The zero-order valence-electron chi connectivity index (χ0n) is 15.8. The van der Waals surface area contributed by atoms with Crippen molar-refractivity contribution in [2.24, 2.45) is 0 Å². The standard InChI is InChI=1S/C24H28O/c1-23(2)14-15-24(3,4)22-16-19(12-13-21(22)23)7-5-6-18-8-10-20(17-25)11-9-18/h8-13,16,25H,7,14-15,17H2,1-4H3. The first-order valence-electron chi connectivity index (χ1n) is 9.14. The molecule has 2 aromatic rings. The Kier molecular flexibility index (Phi) is 4.76. The van der Waals surface area contributed by atoms with Gasteiger partial charge in [-0.15, -0.1) is 0 Å². The van der Waals surface area contributed by atoms with E-state index in [0.717, 1.165) is 17.5 Å². The fourth-order valence-corrected chi connectivity index (χ4v) is 3.69. The Bertz CT molecular complexity index is 813. The predicted molar refractivity (Wildman–Crippen MR) is 105 cm³/mol. The van der Waals surface area contributed by atoms with Crippen molar-refractivity contribution in [1.29, 1.82) is 0 Å². The van der Waals surface area contributed by atoms with Crippen molar-refractivity contribution in [3.05, 3.63) is 70.3 Å². The van der Waals surface area contributed by atoms with Crippen LogP contribution in [-0.4, -0.2) is 5.11 Å². The third kappa shape index (κ3) is 3.80. The second kappa shape index (κ2) is 6.70. The molecule has 1 nitrogen and oxygen atoms in total. The van der Waals surface area contributed by atoms with Crippen LogP contribution in [0.15, 0.2) is 42.5 Å². The maximum absolute atomic E-state index is 9.09. The van der Waals surface area contributed by atoms with Crippen molar-refractivity contribution in [3.8, 4) is 11.8 Å². The minimum Gasteiger partial charge on any atom is -0.392 e. The van der Waals surface area contributed by atoms with Gasteiger partial charge in [0, 0.05) is 12.0 Å². The predicted octanol–water partition coefficient (Wildman–Crippen LogP) is 5.12. The van der Waals surface area contributed by atoms with Gasteiger partial charge in [-0.25, -0.2) is 0 Å². The van der Waals surface area contributed by atoms with E-state index in [0.29, 0.717) is 0 Å². The average Bonchev–Trinajstić information content (AvgIpc) is 2.60. The van der Waals surface area contributed by atoms with Crippen molar-refractivity contribution in [3.63, 3.8) is 0 Å². The van der Waals surface area contributed by atoms with Crippen LogP contribution in [-0.2, 0) is 23.9 Å². The summed E-state index contributed by atoms with van der Waals surface area (Å²) in [5, 5.41) is 9.09. The van der Waals surface area contributed by atoms with Crippen LogP contribution in [0, 0.1) is 11.8 Å². The van der Waals surface area contributed by atoms with E-state index < -0.39 is 0 Å². The molecule has 1 heteroatoms. The molecule has 130 valence electrons. The first kappa shape index (κ1) is 17.8. The zero-order valence-corrected chi connectivity index (χ0v) is 15.8. The molecule has 1 aliphatic rings. The van der Waals surface area contributed by atoms with E-state index in [9.17, 15) is 0 Å². The summed E-state index contributed by atoms with van der Waals surface area (Å²) in [6, 6.07) is 14.7.